The third kappa shape index (κ3) is 2.51. The van der Waals surface area contributed by atoms with Crippen molar-refractivity contribution in [3.05, 3.63) is 62.3 Å². The van der Waals surface area contributed by atoms with Crippen LogP contribution < -0.4 is 16.6 Å². The number of anilines is 1. The number of hydrogen-bond donors (Lipinski definition) is 2. The number of aliphatic carboxylic acids is 1. The molecule has 3 rings (SSSR count). The topological polar surface area (TPSA) is 110 Å². The zero-order valence-corrected chi connectivity index (χ0v) is 12.9. The zero-order valence-electron chi connectivity index (χ0n) is 12.9. The van der Waals surface area contributed by atoms with Crippen molar-refractivity contribution in [2.24, 2.45) is 7.05 Å². The van der Waals surface area contributed by atoms with E-state index in [0.717, 1.165) is 10.1 Å². The minimum Gasteiger partial charge on any atom is -0.481 e. The lowest BCUT2D eigenvalue weighted by molar-refractivity contribution is -0.138. The normalized spacial score (nSPS) is 15.9. The summed E-state index contributed by atoms with van der Waals surface area (Å²) in [7, 11) is 1.31. The second-order valence-corrected chi connectivity index (χ2v) is 5.62. The molecule has 1 aliphatic heterocycles. The molecule has 2 aromatic rings. The van der Waals surface area contributed by atoms with Crippen LogP contribution in [0.25, 0.3) is 0 Å². The third-order valence-electron chi connectivity index (χ3n) is 4.05. The van der Waals surface area contributed by atoms with Gasteiger partial charge in [-0.2, -0.15) is 0 Å². The predicted octanol–water partition coefficient (Wildman–Crippen LogP) is 0.106. The molecule has 8 nitrogen and oxygen atoms in total. The van der Waals surface area contributed by atoms with Crippen LogP contribution in [0.2, 0.25) is 0 Å². The van der Waals surface area contributed by atoms with Crippen molar-refractivity contribution in [1.82, 2.24) is 9.13 Å². The third-order valence-corrected chi connectivity index (χ3v) is 4.05. The standard InChI is InChI=1S/C16H15N3O5/c1-18-15(23)12-10(7-11(20)21)14(22)17-13(12)19(16(18)24)8-9-5-3-2-4-6-9/h2-6,10H,7-8H2,1H3,(H,17,22)(H,20,21). The molecule has 0 saturated carbocycles. The number of amides is 1. The molecule has 0 aliphatic carbocycles. The highest BCUT2D eigenvalue weighted by Crippen LogP contribution is 2.31. The van der Waals surface area contributed by atoms with Crippen LogP contribution in [0, 0.1) is 0 Å². The molecule has 124 valence electrons. The Morgan fingerprint density at radius 3 is 2.50 bits per heavy atom. The largest absolute Gasteiger partial charge is 0.481 e. The van der Waals surface area contributed by atoms with Crippen molar-refractivity contribution in [1.29, 1.82) is 0 Å². The molecule has 1 aromatic carbocycles. The molecule has 0 spiro atoms. The quantitative estimate of drug-likeness (QED) is 0.827. The Bertz CT molecular complexity index is 943. The van der Waals surface area contributed by atoms with Gasteiger partial charge in [0.1, 0.15) is 5.82 Å². The zero-order chi connectivity index (χ0) is 17.4. The number of fused-ring (bicyclic) bond motifs is 1. The van der Waals surface area contributed by atoms with Gasteiger partial charge in [0.2, 0.25) is 5.91 Å². The van der Waals surface area contributed by atoms with E-state index in [4.69, 9.17) is 5.11 Å². The average molecular weight is 329 g/mol. The highest BCUT2D eigenvalue weighted by molar-refractivity contribution is 6.03. The first-order valence-corrected chi connectivity index (χ1v) is 7.30. The van der Waals surface area contributed by atoms with Crippen molar-refractivity contribution >= 4 is 17.7 Å². The molecule has 1 amide bonds. The Balaban J connectivity index is 2.19. The predicted molar refractivity (Wildman–Crippen MR) is 85.1 cm³/mol. The summed E-state index contributed by atoms with van der Waals surface area (Å²) >= 11 is 0. The fourth-order valence-corrected chi connectivity index (χ4v) is 2.86. The number of hydrogen-bond acceptors (Lipinski definition) is 4. The van der Waals surface area contributed by atoms with E-state index in [1.54, 1.807) is 0 Å². The Kier molecular flexibility index (Phi) is 3.80. The monoisotopic (exact) mass is 329 g/mol. The number of benzene rings is 1. The van der Waals surface area contributed by atoms with Crippen LogP contribution in [0.3, 0.4) is 0 Å². The molecular weight excluding hydrogens is 314 g/mol. The highest BCUT2D eigenvalue weighted by atomic mass is 16.4. The van der Waals surface area contributed by atoms with Crippen LogP contribution in [-0.4, -0.2) is 26.1 Å². The first-order chi connectivity index (χ1) is 11.4. The van der Waals surface area contributed by atoms with Crippen LogP contribution in [-0.2, 0) is 23.2 Å². The number of carbonyl (C=O) groups is 2. The fraction of sp³-hybridized carbons (Fsp3) is 0.250. The van der Waals surface area contributed by atoms with Crippen LogP contribution in [0.5, 0.6) is 0 Å². The maximum Gasteiger partial charge on any atom is 0.332 e. The number of aromatic nitrogens is 2. The Morgan fingerprint density at radius 2 is 1.88 bits per heavy atom. The molecule has 1 aliphatic rings. The lowest BCUT2D eigenvalue weighted by Crippen LogP contribution is -2.40. The van der Waals surface area contributed by atoms with Gasteiger partial charge in [0.15, 0.2) is 0 Å². The number of nitrogens with one attached hydrogen (secondary N) is 1. The van der Waals surface area contributed by atoms with Crippen LogP contribution >= 0.6 is 0 Å². The lowest BCUT2D eigenvalue weighted by atomic mass is 9.99. The van der Waals surface area contributed by atoms with Crippen molar-refractivity contribution < 1.29 is 14.7 Å². The summed E-state index contributed by atoms with van der Waals surface area (Å²) in [6.07, 6.45) is -0.502. The minimum absolute atomic E-state index is 0.0282. The average Bonchev–Trinajstić information content (AvgIpc) is 2.86. The SMILES string of the molecule is Cn1c(=O)c2c(n(Cc3ccccc3)c1=O)NC(=O)C2CC(=O)O. The maximum absolute atomic E-state index is 12.4. The number of rotatable bonds is 4. The number of nitrogens with zero attached hydrogens (tertiary/aromatic N) is 2. The van der Waals surface area contributed by atoms with Gasteiger partial charge in [-0.15, -0.1) is 0 Å². The van der Waals surface area contributed by atoms with Gasteiger partial charge in [0.25, 0.3) is 5.56 Å². The van der Waals surface area contributed by atoms with E-state index in [0.29, 0.717) is 0 Å². The molecule has 24 heavy (non-hydrogen) atoms. The molecule has 8 heteroatoms. The van der Waals surface area contributed by atoms with Crippen LogP contribution in [0.1, 0.15) is 23.5 Å². The van der Waals surface area contributed by atoms with Gasteiger partial charge < -0.3 is 10.4 Å². The second kappa shape index (κ2) is 5.80. The molecular formula is C16H15N3O5. The first-order valence-electron chi connectivity index (χ1n) is 7.30. The molecule has 2 N–H and O–H groups in total. The van der Waals surface area contributed by atoms with Gasteiger partial charge in [-0.1, -0.05) is 30.3 Å². The molecule has 0 fully saturated rings. The minimum atomic E-state index is -1.19. The van der Waals surface area contributed by atoms with E-state index in [-0.39, 0.29) is 17.9 Å². The van der Waals surface area contributed by atoms with Gasteiger partial charge in [0, 0.05) is 7.05 Å². The molecule has 2 heterocycles. The van der Waals surface area contributed by atoms with Gasteiger partial charge in [0.05, 0.1) is 24.4 Å². The molecule has 0 bridgehead atoms. The molecule has 0 saturated heterocycles. The molecule has 1 unspecified atom stereocenters. The van der Waals surface area contributed by atoms with Crippen molar-refractivity contribution in [2.45, 2.75) is 18.9 Å². The van der Waals surface area contributed by atoms with E-state index in [1.165, 1.54) is 11.6 Å². The van der Waals surface area contributed by atoms with Crippen LogP contribution in [0.4, 0.5) is 5.82 Å². The van der Waals surface area contributed by atoms with E-state index in [9.17, 15) is 19.2 Å². The number of carboxylic acids is 1. The molecule has 1 atom stereocenters. The van der Waals surface area contributed by atoms with E-state index in [2.05, 4.69) is 5.32 Å². The molecule has 0 radical (unpaired) electrons. The van der Waals surface area contributed by atoms with Crippen LogP contribution in [0.15, 0.2) is 39.9 Å². The van der Waals surface area contributed by atoms with Gasteiger partial charge in [-0.05, 0) is 5.56 Å². The van der Waals surface area contributed by atoms with Crippen molar-refractivity contribution in [3.8, 4) is 0 Å². The maximum atomic E-state index is 12.4. The van der Waals surface area contributed by atoms with Crippen molar-refractivity contribution in [3.63, 3.8) is 0 Å². The Hall–Kier alpha value is -3.16. The number of carboxylic acid groups (broad SMARTS) is 1. The van der Waals surface area contributed by atoms with Crippen molar-refractivity contribution in [2.75, 3.05) is 5.32 Å². The van der Waals surface area contributed by atoms with E-state index < -0.39 is 35.5 Å². The Labute approximate surface area is 136 Å². The summed E-state index contributed by atoms with van der Waals surface area (Å²) in [5.41, 5.74) is -0.375. The highest BCUT2D eigenvalue weighted by Gasteiger charge is 2.38. The summed E-state index contributed by atoms with van der Waals surface area (Å²) in [5.74, 6) is -2.79. The summed E-state index contributed by atoms with van der Waals surface area (Å²) in [4.78, 5) is 47.9. The lowest BCUT2D eigenvalue weighted by Gasteiger charge is -2.13. The number of carbonyl (C=O) groups excluding carboxylic acids is 1. The van der Waals surface area contributed by atoms with Gasteiger partial charge in [-0.3, -0.25) is 23.5 Å². The molecule has 1 aromatic heterocycles. The summed E-state index contributed by atoms with van der Waals surface area (Å²) in [5, 5.41) is 11.5. The van der Waals surface area contributed by atoms with E-state index >= 15 is 0 Å². The Morgan fingerprint density at radius 1 is 1.21 bits per heavy atom. The first kappa shape index (κ1) is 15.7. The summed E-state index contributed by atoms with van der Waals surface area (Å²) in [6.45, 7) is 0.163. The second-order valence-electron chi connectivity index (χ2n) is 5.62. The van der Waals surface area contributed by atoms with Gasteiger partial charge in [-0.25, -0.2) is 4.79 Å². The fourth-order valence-electron chi connectivity index (χ4n) is 2.86. The summed E-state index contributed by atoms with van der Waals surface area (Å²) < 4.78 is 2.18. The van der Waals surface area contributed by atoms with Gasteiger partial charge >= 0.3 is 11.7 Å². The smallest absolute Gasteiger partial charge is 0.332 e. The van der Waals surface area contributed by atoms with E-state index in [1.807, 2.05) is 30.3 Å². The summed E-state index contributed by atoms with van der Waals surface area (Å²) in [6, 6.07) is 9.09.